The van der Waals surface area contributed by atoms with Crippen LogP contribution in [0.3, 0.4) is 0 Å². The van der Waals surface area contributed by atoms with Crippen molar-refractivity contribution in [3.63, 3.8) is 0 Å². The summed E-state index contributed by atoms with van der Waals surface area (Å²) in [5.74, 6) is -3.00. The number of carbonyl (C=O) groups excluding carboxylic acids is 2. The van der Waals surface area contributed by atoms with Gasteiger partial charge in [0.1, 0.15) is 24.7 Å². The van der Waals surface area contributed by atoms with E-state index < -0.39 is 23.6 Å². The van der Waals surface area contributed by atoms with Crippen LogP contribution in [0, 0.1) is 11.6 Å². The zero-order valence-corrected chi connectivity index (χ0v) is 14.0. The molecule has 0 radical (unpaired) electrons. The molecule has 0 aliphatic rings. The Balaban J connectivity index is 1.86. The lowest BCUT2D eigenvalue weighted by molar-refractivity contribution is -0.139. The lowest BCUT2D eigenvalue weighted by Crippen LogP contribution is -2.12. The smallest absolute Gasteiger partial charge is 0.343 e. The van der Waals surface area contributed by atoms with Crippen molar-refractivity contribution in [1.82, 2.24) is 0 Å². The molecule has 0 unspecified atom stereocenters. The van der Waals surface area contributed by atoms with Crippen LogP contribution in [-0.2, 0) is 9.53 Å². The van der Waals surface area contributed by atoms with Crippen molar-refractivity contribution in [2.24, 2.45) is 0 Å². The first-order valence-corrected chi connectivity index (χ1v) is 7.59. The van der Waals surface area contributed by atoms with Gasteiger partial charge in [0.2, 0.25) is 0 Å². The van der Waals surface area contributed by atoms with Crippen molar-refractivity contribution in [1.29, 1.82) is 0 Å². The second kappa shape index (κ2) is 8.75. The van der Waals surface area contributed by atoms with Crippen molar-refractivity contribution in [3.05, 3.63) is 71.8 Å². The maximum absolute atomic E-state index is 13.1. The van der Waals surface area contributed by atoms with Gasteiger partial charge in [0, 0.05) is 11.6 Å². The minimum absolute atomic E-state index is 0.0611. The summed E-state index contributed by atoms with van der Waals surface area (Å²) in [5.41, 5.74) is 0.504. The van der Waals surface area contributed by atoms with Crippen LogP contribution in [0.2, 0.25) is 0 Å². The van der Waals surface area contributed by atoms with Crippen LogP contribution < -0.4 is 9.47 Å². The molecule has 0 aliphatic carbocycles. The summed E-state index contributed by atoms with van der Waals surface area (Å²) in [5, 5.41) is 0. The third-order valence-corrected chi connectivity index (χ3v) is 3.13. The van der Waals surface area contributed by atoms with Crippen LogP contribution in [0.5, 0.6) is 11.5 Å². The first-order chi connectivity index (χ1) is 12.4. The van der Waals surface area contributed by atoms with Gasteiger partial charge in [-0.3, -0.25) is 0 Å². The molecule has 0 fully saturated rings. The molecule has 0 atom stereocenters. The van der Waals surface area contributed by atoms with E-state index in [0.717, 1.165) is 18.2 Å². The predicted molar refractivity (Wildman–Crippen MR) is 89.0 cm³/mol. The molecule has 7 heteroatoms. The molecule has 0 amide bonds. The van der Waals surface area contributed by atoms with Gasteiger partial charge in [-0.05, 0) is 43.3 Å². The summed E-state index contributed by atoms with van der Waals surface area (Å²) < 4.78 is 41.2. The molecular weight excluding hydrogens is 346 g/mol. The van der Waals surface area contributed by atoms with E-state index in [1.807, 2.05) is 0 Å². The summed E-state index contributed by atoms with van der Waals surface area (Å²) in [4.78, 5) is 23.2. The third kappa shape index (κ3) is 5.41. The van der Waals surface area contributed by atoms with Gasteiger partial charge in [0.05, 0.1) is 5.56 Å². The molecule has 5 nitrogen and oxygen atoms in total. The van der Waals surface area contributed by atoms with Gasteiger partial charge in [-0.2, -0.15) is 0 Å². The minimum atomic E-state index is -1.11. The van der Waals surface area contributed by atoms with Gasteiger partial charge >= 0.3 is 11.9 Å². The van der Waals surface area contributed by atoms with Gasteiger partial charge in [-0.15, -0.1) is 0 Å². The Hall–Kier alpha value is -3.22. The zero-order valence-electron chi connectivity index (χ0n) is 14.0. The molecule has 2 rings (SSSR count). The first-order valence-electron chi connectivity index (χ1n) is 7.59. The molecule has 0 aromatic heterocycles. The molecule has 136 valence electrons. The van der Waals surface area contributed by atoms with Gasteiger partial charge in [0.15, 0.2) is 11.6 Å². The summed E-state index contributed by atoms with van der Waals surface area (Å²) in [7, 11) is 0. The van der Waals surface area contributed by atoms with Crippen LogP contribution in [-0.4, -0.2) is 25.2 Å². The Labute approximate surface area is 148 Å². The highest BCUT2D eigenvalue weighted by Crippen LogP contribution is 2.18. The molecule has 0 bridgehead atoms. The fourth-order valence-corrected chi connectivity index (χ4v) is 1.81. The molecule has 2 aromatic rings. The summed E-state index contributed by atoms with van der Waals surface area (Å²) in [6.45, 7) is 5.20. The van der Waals surface area contributed by atoms with Crippen LogP contribution in [0.25, 0.3) is 0 Å². The molecule has 0 saturated carbocycles. The number of benzene rings is 2. The Bertz CT molecular complexity index is 815. The second-order valence-corrected chi connectivity index (χ2v) is 5.25. The van der Waals surface area contributed by atoms with E-state index in [4.69, 9.17) is 14.2 Å². The van der Waals surface area contributed by atoms with E-state index in [0.29, 0.717) is 11.3 Å². The summed E-state index contributed by atoms with van der Waals surface area (Å²) in [6, 6.07) is 8.78. The Morgan fingerprint density at radius 1 is 0.962 bits per heavy atom. The number of rotatable bonds is 7. The lowest BCUT2D eigenvalue weighted by atomic mass is 10.2. The Morgan fingerprint density at radius 2 is 1.62 bits per heavy atom. The van der Waals surface area contributed by atoms with E-state index >= 15 is 0 Å². The SMILES string of the molecule is C=C(C)C(=O)OCCOc1ccc(C(=O)Oc2ccc(F)c(F)c2)cc1. The molecule has 0 aliphatic heterocycles. The number of hydrogen-bond acceptors (Lipinski definition) is 5. The van der Waals surface area contributed by atoms with Gasteiger partial charge in [-0.25, -0.2) is 18.4 Å². The molecule has 0 heterocycles. The monoisotopic (exact) mass is 362 g/mol. The Morgan fingerprint density at radius 3 is 2.23 bits per heavy atom. The quantitative estimate of drug-likeness (QED) is 0.325. The fourth-order valence-electron chi connectivity index (χ4n) is 1.81. The van der Waals surface area contributed by atoms with E-state index in [2.05, 4.69) is 6.58 Å². The van der Waals surface area contributed by atoms with Crippen molar-refractivity contribution in [2.75, 3.05) is 13.2 Å². The van der Waals surface area contributed by atoms with Gasteiger partial charge in [-0.1, -0.05) is 6.58 Å². The maximum Gasteiger partial charge on any atom is 0.343 e. The van der Waals surface area contributed by atoms with Crippen LogP contribution in [0.1, 0.15) is 17.3 Å². The number of esters is 2. The van der Waals surface area contributed by atoms with E-state index in [1.165, 1.54) is 24.3 Å². The van der Waals surface area contributed by atoms with Crippen molar-refractivity contribution >= 4 is 11.9 Å². The number of ether oxygens (including phenoxy) is 3. The van der Waals surface area contributed by atoms with Crippen molar-refractivity contribution < 1.29 is 32.6 Å². The number of carbonyl (C=O) groups is 2. The Kier molecular flexibility index (Phi) is 6.43. The van der Waals surface area contributed by atoms with Gasteiger partial charge in [0.25, 0.3) is 0 Å². The maximum atomic E-state index is 13.1. The fraction of sp³-hybridized carbons (Fsp3) is 0.158. The highest BCUT2D eigenvalue weighted by atomic mass is 19.2. The van der Waals surface area contributed by atoms with Crippen molar-refractivity contribution in [2.45, 2.75) is 6.92 Å². The number of halogens is 2. The van der Waals surface area contributed by atoms with Crippen LogP contribution in [0.15, 0.2) is 54.6 Å². The highest BCUT2D eigenvalue weighted by Gasteiger charge is 2.11. The first kappa shape index (κ1) is 19.1. The molecule has 0 N–H and O–H groups in total. The minimum Gasteiger partial charge on any atom is -0.490 e. The van der Waals surface area contributed by atoms with E-state index in [1.54, 1.807) is 6.92 Å². The topological polar surface area (TPSA) is 61.8 Å². The summed E-state index contributed by atoms with van der Waals surface area (Å²) in [6.07, 6.45) is 0. The van der Waals surface area contributed by atoms with E-state index in [-0.39, 0.29) is 24.5 Å². The zero-order chi connectivity index (χ0) is 19.1. The average Bonchev–Trinajstić information content (AvgIpc) is 2.62. The molecular formula is C19H16F2O5. The summed E-state index contributed by atoms with van der Waals surface area (Å²) >= 11 is 0. The highest BCUT2D eigenvalue weighted by molar-refractivity contribution is 5.91. The lowest BCUT2D eigenvalue weighted by Gasteiger charge is -2.08. The largest absolute Gasteiger partial charge is 0.490 e. The normalized spacial score (nSPS) is 10.1. The predicted octanol–water partition coefficient (Wildman–Crippen LogP) is 3.68. The third-order valence-electron chi connectivity index (χ3n) is 3.13. The molecule has 0 spiro atoms. The average molecular weight is 362 g/mol. The van der Waals surface area contributed by atoms with Crippen LogP contribution >= 0.6 is 0 Å². The molecule has 0 saturated heterocycles. The van der Waals surface area contributed by atoms with Crippen molar-refractivity contribution in [3.8, 4) is 11.5 Å². The van der Waals surface area contributed by atoms with Gasteiger partial charge < -0.3 is 14.2 Å². The number of hydrogen-bond donors (Lipinski definition) is 0. The second-order valence-electron chi connectivity index (χ2n) is 5.25. The molecule has 2 aromatic carbocycles. The van der Waals surface area contributed by atoms with E-state index in [9.17, 15) is 18.4 Å². The standard InChI is InChI=1S/C19H16F2O5/c1-12(2)18(22)25-10-9-24-14-5-3-13(4-6-14)19(23)26-15-7-8-16(20)17(21)11-15/h3-8,11H,1,9-10H2,2H3. The molecule has 26 heavy (non-hydrogen) atoms. The van der Waals surface area contributed by atoms with Crippen LogP contribution in [0.4, 0.5) is 8.78 Å².